The Bertz CT molecular complexity index is 809. The zero-order valence-corrected chi connectivity index (χ0v) is 20.8. The molecule has 1 aromatic carbocycles. The molecule has 0 aliphatic carbocycles. The smallest absolute Gasteiger partial charge is 0.408 e. The number of alkyl carbamates (subject to hydrolysis) is 1. The van der Waals surface area contributed by atoms with Crippen LogP contribution in [0.25, 0.3) is 0 Å². The van der Waals surface area contributed by atoms with Crippen molar-refractivity contribution in [2.24, 2.45) is 5.92 Å². The number of hydrogen-bond donors (Lipinski definition) is 2. The highest BCUT2D eigenvalue weighted by Gasteiger charge is 2.36. The molecule has 0 saturated carbocycles. The van der Waals surface area contributed by atoms with E-state index in [4.69, 9.17) is 11.2 Å². The topological polar surface area (TPSA) is 87.7 Å². The van der Waals surface area contributed by atoms with Gasteiger partial charge in [0.05, 0.1) is 0 Å². The molecule has 33 heavy (non-hydrogen) atoms. The van der Waals surface area contributed by atoms with E-state index in [-0.39, 0.29) is 11.8 Å². The van der Waals surface area contributed by atoms with Crippen molar-refractivity contribution in [3.8, 4) is 12.5 Å². The molecule has 0 bridgehead atoms. The van der Waals surface area contributed by atoms with Crippen LogP contribution in [0.4, 0.5) is 4.79 Å². The SMILES string of the molecule is C#CN(C(=O)C(CC(C)C)NC(=O)OC(C)(C)C)C(C(=O)NCCCCC)c1ccccc1. The molecule has 7 nitrogen and oxygen atoms in total. The molecule has 2 unspecified atom stereocenters. The Labute approximate surface area is 198 Å². The van der Waals surface area contributed by atoms with Gasteiger partial charge in [-0.3, -0.25) is 14.5 Å². The number of amides is 3. The highest BCUT2D eigenvalue weighted by molar-refractivity contribution is 5.93. The highest BCUT2D eigenvalue weighted by atomic mass is 16.6. The minimum atomic E-state index is -1.01. The van der Waals surface area contributed by atoms with Gasteiger partial charge >= 0.3 is 6.09 Å². The monoisotopic (exact) mass is 457 g/mol. The summed E-state index contributed by atoms with van der Waals surface area (Å²) in [6.45, 7) is 11.7. The number of rotatable bonds is 11. The summed E-state index contributed by atoms with van der Waals surface area (Å²) in [6, 6.07) is 9.36. The number of carbonyl (C=O) groups excluding carboxylic acids is 3. The molecule has 0 saturated heterocycles. The Balaban J connectivity index is 3.21. The second-order valence-corrected chi connectivity index (χ2v) is 9.48. The zero-order chi connectivity index (χ0) is 25.0. The average molecular weight is 458 g/mol. The van der Waals surface area contributed by atoms with Crippen molar-refractivity contribution in [1.82, 2.24) is 15.5 Å². The average Bonchev–Trinajstić information content (AvgIpc) is 2.72. The molecule has 0 aliphatic rings. The molecule has 0 aromatic heterocycles. The minimum Gasteiger partial charge on any atom is -0.444 e. The second kappa shape index (κ2) is 13.5. The fourth-order valence-electron chi connectivity index (χ4n) is 3.31. The van der Waals surface area contributed by atoms with Crippen molar-refractivity contribution in [2.75, 3.05) is 6.54 Å². The van der Waals surface area contributed by atoms with Crippen LogP contribution in [0.15, 0.2) is 30.3 Å². The van der Waals surface area contributed by atoms with Crippen LogP contribution in [0, 0.1) is 18.4 Å². The van der Waals surface area contributed by atoms with Gasteiger partial charge in [0.1, 0.15) is 17.7 Å². The predicted octanol–water partition coefficient (Wildman–Crippen LogP) is 4.39. The summed E-state index contributed by atoms with van der Waals surface area (Å²) in [6.07, 6.45) is 8.25. The summed E-state index contributed by atoms with van der Waals surface area (Å²) < 4.78 is 5.33. The maximum absolute atomic E-state index is 13.5. The van der Waals surface area contributed by atoms with Gasteiger partial charge in [-0.2, -0.15) is 0 Å². The Morgan fingerprint density at radius 2 is 1.76 bits per heavy atom. The molecule has 7 heteroatoms. The van der Waals surface area contributed by atoms with Gasteiger partial charge in [-0.25, -0.2) is 4.79 Å². The summed E-state index contributed by atoms with van der Waals surface area (Å²) in [5, 5.41) is 5.54. The van der Waals surface area contributed by atoms with Gasteiger partial charge in [-0.05, 0) is 45.1 Å². The molecule has 182 valence electrons. The van der Waals surface area contributed by atoms with E-state index in [0.29, 0.717) is 18.5 Å². The Hall–Kier alpha value is -3.01. The molecule has 0 spiro atoms. The van der Waals surface area contributed by atoms with Crippen molar-refractivity contribution in [3.05, 3.63) is 35.9 Å². The van der Waals surface area contributed by atoms with E-state index in [1.54, 1.807) is 45.0 Å². The van der Waals surface area contributed by atoms with Gasteiger partial charge < -0.3 is 15.4 Å². The highest BCUT2D eigenvalue weighted by Crippen LogP contribution is 2.23. The summed E-state index contributed by atoms with van der Waals surface area (Å²) in [4.78, 5) is 40.2. The first kappa shape index (κ1) is 28.0. The van der Waals surface area contributed by atoms with E-state index in [1.807, 2.05) is 19.9 Å². The summed E-state index contributed by atoms with van der Waals surface area (Å²) in [7, 11) is 0. The van der Waals surface area contributed by atoms with Crippen LogP contribution >= 0.6 is 0 Å². The lowest BCUT2D eigenvalue weighted by Gasteiger charge is -2.31. The van der Waals surface area contributed by atoms with E-state index in [2.05, 4.69) is 23.6 Å². The second-order valence-electron chi connectivity index (χ2n) is 9.48. The molecule has 0 heterocycles. The first-order valence-corrected chi connectivity index (χ1v) is 11.6. The number of unbranched alkanes of at least 4 members (excludes halogenated alkanes) is 2. The van der Waals surface area contributed by atoms with Crippen LogP contribution in [-0.4, -0.2) is 41.0 Å². The van der Waals surface area contributed by atoms with Gasteiger partial charge in [-0.15, -0.1) is 0 Å². The van der Waals surface area contributed by atoms with E-state index in [1.165, 1.54) is 0 Å². The van der Waals surface area contributed by atoms with E-state index in [0.717, 1.165) is 24.2 Å². The van der Waals surface area contributed by atoms with Crippen LogP contribution in [0.2, 0.25) is 0 Å². The zero-order valence-electron chi connectivity index (χ0n) is 20.8. The molecular weight excluding hydrogens is 418 g/mol. The number of terminal acetylenes is 1. The van der Waals surface area contributed by atoms with Crippen molar-refractivity contribution in [2.45, 2.75) is 84.9 Å². The largest absolute Gasteiger partial charge is 0.444 e. The number of carbonyl (C=O) groups is 3. The first-order chi connectivity index (χ1) is 15.5. The molecule has 1 rings (SSSR count). The summed E-state index contributed by atoms with van der Waals surface area (Å²) >= 11 is 0. The Morgan fingerprint density at radius 3 is 2.27 bits per heavy atom. The third kappa shape index (κ3) is 9.98. The number of nitrogens with one attached hydrogen (secondary N) is 2. The van der Waals surface area contributed by atoms with Crippen LogP contribution in [0.5, 0.6) is 0 Å². The minimum absolute atomic E-state index is 0.0894. The standard InChI is InChI=1S/C26H39N3O4/c1-8-10-14-17-27-23(30)22(20-15-12-11-13-16-20)29(9-2)24(31)21(18-19(3)4)28-25(32)33-26(5,6)7/h2,11-13,15-16,19,21-22H,8,10,14,17-18H2,1,3-7H3,(H,27,30)(H,28,32). The van der Waals surface area contributed by atoms with Crippen molar-refractivity contribution in [1.29, 1.82) is 0 Å². The molecule has 0 aliphatic heterocycles. The van der Waals surface area contributed by atoms with Crippen LogP contribution < -0.4 is 10.6 Å². The predicted molar refractivity (Wildman–Crippen MR) is 130 cm³/mol. The summed E-state index contributed by atoms with van der Waals surface area (Å²) in [5.41, 5.74) is -0.121. The van der Waals surface area contributed by atoms with E-state index >= 15 is 0 Å². The third-order valence-electron chi connectivity index (χ3n) is 4.77. The third-order valence-corrected chi connectivity index (χ3v) is 4.77. The van der Waals surface area contributed by atoms with Gasteiger partial charge in [0.25, 0.3) is 5.91 Å². The lowest BCUT2D eigenvalue weighted by Crippen LogP contribution is -2.52. The normalized spacial score (nSPS) is 12.9. The number of nitrogens with zero attached hydrogens (tertiary/aromatic N) is 1. The molecular formula is C26H39N3O4. The van der Waals surface area contributed by atoms with Gasteiger partial charge in [0.2, 0.25) is 5.91 Å². The molecule has 0 radical (unpaired) electrons. The molecule has 2 N–H and O–H groups in total. The number of ether oxygens (including phenoxy) is 1. The van der Waals surface area contributed by atoms with Gasteiger partial charge in [0, 0.05) is 12.6 Å². The molecule has 0 fully saturated rings. The lowest BCUT2D eigenvalue weighted by molar-refractivity contribution is -0.138. The van der Waals surface area contributed by atoms with Crippen molar-refractivity contribution >= 4 is 17.9 Å². The van der Waals surface area contributed by atoms with Crippen molar-refractivity contribution in [3.63, 3.8) is 0 Å². The molecule has 1 aromatic rings. The van der Waals surface area contributed by atoms with Crippen LogP contribution in [0.3, 0.4) is 0 Å². The van der Waals surface area contributed by atoms with Crippen molar-refractivity contribution < 1.29 is 19.1 Å². The number of benzene rings is 1. The Kier molecular flexibility index (Phi) is 11.5. The van der Waals surface area contributed by atoms with E-state index in [9.17, 15) is 14.4 Å². The van der Waals surface area contributed by atoms with Gasteiger partial charge in [-0.1, -0.05) is 70.4 Å². The fraction of sp³-hybridized carbons (Fsp3) is 0.577. The summed E-state index contributed by atoms with van der Waals surface area (Å²) in [5.74, 6) is -0.801. The first-order valence-electron chi connectivity index (χ1n) is 11.6. The quantitative estimate of drug-likeness (QED) is 0.293. The van der Waals surface area contributed by atoms with E-state index < -0.39 is 29.7 Å². The molecule has 3 amide bonds. The molecule has 2 atom stereocenters. The van der Waals surface area contributed by atoms with Gasteiger partial charge in [0.15, 0.2) is 0 Å². The Morgan fingerprint density at radius 1 is 1.12 bits per heavy atom. The lowest BCUT2D eigenvalue weighted by atomic mass is 9.99. The number of hydrogen-bond acceptors (Lipinski definition) is 4. The van der Waals surface area contributed by atoms with Crippen LogP contribution in [-0.2, 0) is 14.3 Å². The maximum atomic E-state index is 13.5. The van der Waals surface area contributed by atoms with Crippen LogP contribution in [0.1, 0.15) is 78.8 Å². The maximum Gasteiger partial charge on any atom is 0.408 e. The fourth-order valence-corrected chi connectivity index (χ4v) is 3.31.